The van der Waals surface area contributed by atoms with Gasteiger partial charge in [0.1, 0.15) is 22.4 Å². The van der Waals surface area contributed by atoms with E-state index in [9.17, 15) is 9.90 Å². The van der Waals surface area contributed by atoms with Gasteiger partial charge in [0, 0.05) is 29.3 Å². The van der Waals surface area contributed by atoms with Gasteiger partial charge in [0.15, 0.2) is 0 Å². The van der Waals surface area contributed by atoms with Crippen LogP contribution < -0.4 is 14.4 Å². The van der Waals surface area contributed by atoms with Gasteiger partial charge in [-0.05, 0) is 43.7 Å². The average molecular weight is 548 g/mol. The van der Waals surface area contributed by atoms with E-state index in [4.69, 9.17) is 26.1 Å². The van der Waals surface area contributed by atoms with Crippen LogP contribution in [0.15, 0.2) is 42.7 Å². The maximum Gasteiger partial charge on any atom is 0.411 e. The monoisotopic (exact) mass is 547 g/mol. The molecule has 11 heteroatoms. The number of rotatable bonds is 5. The van der Waals surface area contributed by atoms with Crippen LogP contribution in [0.4, 0.5) is 10.5 Å². The van der Waals surface area contributed by atoms with E-state index in [2.05, 4.69) is 15.0 Å². The smallest absolute Gasteiger partial charge is 0.411 e. The lowest BCUT2D eigenvalue weighted by Crippen LogP contribution is -2.38. The first-order valence-electron chi connectivity index (χ1n) is 11.8. The maximum atomic E-state index is 12.0. The summed E-state index contributed by atoms with van der Waals surface area (Å²) in [5, 5.41) is 11.1. The second-order valence-corrected chi connectivity index (χ2v) is 10.5. The zero-order valence-electron chi connectivity index (χ0n) is 20.7. The predicted molar refractivity (Wildman–Crippen MR) is 147 cm³/mol. The molecule has 9 nitrogen and oxygen atoms in total. The highest BCUT2D eigenvalue weighted by atomic mass is 35.5. The average Bonchev–Trinajstić information content (AvgIpc) is 3.51. The van der Waals surface area contributed by atoms with E-state index in [1.165, 1.54) is 16.2 Å². The maximum absolute atomic E-state index is 12.0. The van der Waals surface area contributed by atoms with Gasteiger partial charge in [-0.15, -0.1) is 11.3 Å². The zero-order valence-corrected chi connectivity index (χ0v) is 22.3. The highest BCUT2D eigenvalue weighted by Crippen LogP contribution is 2.44. The van der Waals surface area contributed by atoms with E-state index < -0.39 is 6.09 Å². The molecule has 1 unspecified atom stereocenters. The number of halogens is 1. The van der Waals surface area contributed by atoms with Gasteiger partial charge in [0.25, 0.3) is 0 Å². The number of hydrogen-bond donors (Lipinski definition) is 1. The molecule has 0 saturated heterocycles. The molecule has 0 spiro atoms. The van der Waals surface area contributed by atoms with Crippen molar-refractivity contribution in [1.82, 2.24) is 19.9 Å². The van der Waals surface area contributed by atoms with Crippen molar-refractivity contribution in [3.63, 3.8) is 0 Å². The topological polar surface area (TPSA) is 111 Å². The molecule has 4 heterocycles. The number of benzene rings is 2. The second-order valence-electron chi connectivity index (χ2n) is 9.12. The highest BCUT2D eigenvalue weighted by molar-refractivity contribution is 7.22. The molecule has 0 saturated carbocycles. The van der Waals surface area contributed by atoms with E-state index in [-0.39, 0.29) is 12.6 Å². The molecule has 2 aromatic carbocycles. The van der Waals surface area contributed by atoms with Crippen LogP contribution >= 0.6 is 22.9 Å². The van der Waals surface area contributed by atoms with Crippen LogP contribution in [0.5, 0.6) is 11.6 Å². The van der Waals surface area contributed by atoms with Crippen molar-refractivity contribution in [3.8, 4) is 22.2 Å². The van der Waals surface area contributed by atoms with Gasteiger partial charge in [-0.3, -0.25) is 9.88 Å². The number of methoxy groups -OCH3 is 1. The van der Waals surface area contributed by atoms with Crippen LogP contribution in [0.3, 0.4) is 0 Å². The summed E-state index contributed by atoms with van der Waals surface area (Å²) in [5.41, 5.74) is 6.29. The fourth-order valence-corrected chi connectivity index (χ4v) is 6.11. The number of aryl methyl sites for hydroxylation is 2. The van der Waals surface area contributed by atoms with E-state index in [1.54, 1.807) is 37.7 Å². The summed E-state index contributed by atoms with van der Waals surface area (Å²) in [5.74, 6) is 1.09. The molecule has 1 amide bonds. The third-order valence-electron chi connectivity index (χ3n) is 6.44. The lowest BCUT2D eigenvalue weighted by atomic mass is 10.1. The molecule has 1 N–H and O–H groups in total. The van der Waals surface area contributed by atoms with Gasteiger partial charge in [-0.25, -0.2) is 19.7 Å². The van der Waals surface area contributed by atoms with Gasteiger partial charge in [0.2, 0.25) is 5.88 Å². The summed E-state index contributed by atoms with van der Waals surface area (Å²) in [6.45, 7) is 4.00. The normalized spacial score (nSPS) is 14.5. The van der Waals surface area contributed by atoms with Gasteiger partial charge in [-0.2, -0.15) is 0 Å². The number of hydrogen-bond acceptors (Lipinski definition) is 8. The van der Waals surface area contributed by atoms with Gasteiger partial charge >= 0.3 is 6.09 Å². The lowest BCUT2D eigenvalue weighted by Gasteiger charge is -2.22. The number of nitrogens with zero attached hydrogens (tertiary/aromatic N) is 5. The molecular weight excluding hydrogens is 526 g/mol. The fraction of sp³-hybridized carbons (Fsp3) is 0.222. The molecule has 0 fully saturated rings. The number of pyridine rings is 1. The van der Waals surface area contributed by atoms with Crippen LogP contribution in [-0.4, -0.2) is 50.9 Å². The van der Waals surface area contributed by atoms with E-state index >= 15 is 0 Å². The van der Waals surface area contributed by atoms with Gasteiger partial charge < -0.3 is 14.6 Å². The molecular formula is C27H22ClN5O4S. The highest BCUT2D eigenvalue weighted by Gasteiger charge is 2.31. The van der Waals surface area contributed by atoms with E-state index in [0.29, 0.717) is 34.3 Å². The molecule has 6 rings (SSSR count). The number of ether oxygens (including phenoxy) is 2. The first-order chi connectivity index (χ1) is 18.3. The molecule has 0 radical (unpaired) electrons. The van der Waals surface area contributed by atoms with Crippen LogP contribution in [0.25, 0.3) is 31.8 Å². The van der Waals surface area contributed by atoms with Crippen LogP contribution in [-0.2, 0) is 6.42 Å². The van der Waals surface area contributed by atoms with Crippen molar-refractivity contribution in [3.05, 3.63) is 64.6 Å². The van der Waals surface area contributed by atoms with Gasteiger partial charge in [-0.1, -0.05) is 11.6 Å². The SMILES string of the molecule is COc1cnc2c(-c3nc4c(Cl)cc5c(c4s3)CC(CN(C(=O)O)c3ccc(C)nc3)O5)cc(C)cc2n1. The number of anilines is 1. The Bertz CT molecular complexity index is 1720. The minimum atomic E-state index is -1.07. The van der Waals surface area contributed by atoms with Crippen molar-refractivity contribution in [1.29, 1.82) is 0 Å². The predicted octanol–water partition coefficient (Wildman–Crippen LogP) is 6.07. The van der Waals surface area contributed by atoms with Gasteiger partial charge in [0.05, 0.1) is 52.5 Å². The fourth-order valence-electron chi connectivity index (χ4n) is 4.66. The Morgan fingerprint density at radius 3 is 2.76 bits per heavy atom. The Morgan fingerprint density at radius 2 is 2.03 bits per heavy atom. The summed E-state index contributed by atoms with van der Waals surface area (Å²) >= 11 is 8.17. The van der Waals surface area contributed by atoms with Crippen molar-refractivity contribution in [2.45, 2.75) is 26.4 Å². The zero-order chi connectivity index (χ0) is 26.6. The van der Waals surface area contributed by atoms with Crippen molar-refractivity contribution < 1.29 is 19.4 Å². The minimum absolute atomic E-state index is 0.152. The standard InChI is InChI=1S/C27H22ClN5O4S/c1-13-6-18(23-20(7-13)31-22(36-3)11-30-23)26-32-24-19(28)9-21-17(25(24)38-26)8-16(37-21)12-33(27(34)35)15-5-4-14(2)29-10-15/h4-7,9-11,16H,8,12H2,1-3H3,(H,34,35). The lowest BCUT2D eigenvalue weighted by molar-refractivity contribution is 0.191. The molecule has 0 aliphatic carbocycles. The third kappa shape index (κ3) is 4.25. The number of thiazole rings is 1. The van der Waals surface area contributed by atoms with Crippen LogP contribution in [0.1, 0.15) is 16.8 Å². The first kappa shape index (κ1) is 24.3. The number of carbonyl (C=O) groups is 1. The Morgan fingerprint density at radius 1 is 1.18 bits per heavy atom. The molecule has 0 bridgehead atoms. The number of carboxylic acid groups (broad SMARTS) is 1. The summed E-state index contributed by atoms with van der Waals surface area (Å²) in [4.78, 5) is 31.5. The van der Waals surface area contributed by atoms with Crippen molar-refractivity contribution in [2.75, 3.05) is 18.6 Å². The van der Waals surface area contributed by atoms with Crippen molar-refractivity contribution in [2.24, 2.45) is 0 Å². The Balaban J connectivity index is 1.37. The number of amides is 1. The Kier molecular flexibility index (Phi) is 6.00. The van der Waals surface area contributed by atoms with E-state index in [0.717, 1.165) is 43.1 Å². The third-order valence-corrected chi connectivity index (χ3v) is 7.88. The first-order valence-corrected chi connectivity index (χ1v) is 13.0. The van der Waals surface area contributed by atoms with Crippen LogP contribution in [0.2, 0.25) is 5.02 Å². The van der Waals surface area contributed by atoms with Crippen LogP contribution in [0, 0.1) is 13.8 Å². The molecule has 192 valence electrons. The Hall–Kier alpha value is -4.02. The second kappa shape index (κ2) is 9.38. The molecule has 5 aromatic rings. The van der Waals surface area contributed by atoms with E-state index in [1.807, 2.05) is 26.0 Å². The summed E-state index contributed by atoms with van der Waals surface area (Å²) in [6, 6.07) is 9.29. The molecule has 1 atom stereocenters. The molecule has 38 heavy (non-hydrogen) atoms. The Labute approximate surface area is 226 Å². The summed E-state index contributed by atoms with van der Waals surface area (Å²) < 4.78 is 12.3. The minimum Gasteiger partial charge on any atom is -0.488 e. The summed E-state index contributed by atoms with van der Waals surface area (Å²) in [6.07, 6.45) is 2.23. The molecule has 1 aliphatic heterocycles. The quantitative estimate of drug-likeness (QED) is 0.282. The summed E-state index contributed by atoms with van der Waals surface area (Å²) in [7, 11) is 1.56. The number of aromatic nitrogens is 4. The molecule has 3 aromatic heterocycles. The molecule has 1 aliphatic rings. The largest absolute Gasteiger partial charge is 0.488 e. The number of fused-ring (bicyclic) bond motifs is 4. The van der Waals surface area contributed by atoms with Crippen molar-refractivity contribution >= 4 is 56.0 Å².